The maximum absolute atomic E-state index is 13.7. The van der Waals surface area contributed by atoms with E-state index in [2.05, 4.69) is 15.4 Å². The van der Waals surface area contributed by atoms with Gasteiger partial charge in [-0.05, 0) is 43.6 Å². The van der Waals surface area contributed by atoms with Crippen LogP contribution in [0.1, 0.15) is 36.3 Å². The number of nitrogens with zero attached hydrogens (tertiary/aromatic N) is 3. The largest absolute Gasteiger partial charge is 0.473 e. The van der Waals surface area contributed by atoms with Crippen LogP contribution in [-0.2, 0) is 6.61 Å². The highest BCUT2D eigenvalue weighted by molar-refractivity contribution is 5.79. The van der Waals surface area contributed by atoms with Crippen molar-refractivity contribution in [2.45, 2.75) is 38.1 Å². The van der Waals surface area contributed by atoms with Gasteiger partial charge < -0.3 is 10.1 Å². The van der Waals surface area contributed by atoms with E-state index in [0.29, 0.717) is 27.4 Å². The van der Waals surface area contributed by atoms with E-state index in [1.807, 2.05) is 12.1 Å². The minimum Gasteiger partial charge on any atom is -0.473 e. The quantitative estimate of drug-likeness (QED) is 0.685. The molecule has 1 aliphatic heterocycles. The van der Waals surface area contributed by atoms with Gasteiger partial charge in [-0.2, -0.15) is 5.10 Å². The van der Waals surface area contributed by atoms with E-state index in [0.717, 1.165) is 37.2 Å². The lowest BCUT2D eigenvalue weighted by Crippen LogP contribution is -2.27. The molecule has 8 heteroatoms. The summed E-state index contributed by atoms with van der Waals surface area (Å²) < 4.78 is 45.7. The van der Waals surface area contributed by atoms with Crippen LogP contribution in [0.5, 0.6) is 5.88 Å². The summed E-state index contributed by atoms with van der Waals surface area (Å²) in [5.41, 5.74) is 2.06. The minimum atomic E-state index is -3.13. The van der Waals surface area contributed by atoms with Gasteiger partial charge in [-0.1, -0.05) is 18.2 Å². The van der Waals surface area contributed by atoms with Gasteiger partial charge in [0.2, 0.25) is 5.88 Å². The number of halogens is 3. The van der Waals surface area contributed by atoms with Crippen LogP contribution >= 0.6 is 0 Å². The average Bonchev–Trinajstić information content (AvgIpc) is 3.15. The number of hydrogen-bond donors (Lipinski definition) is 1. The maximum atomic E-state index is 13.7. The smallest absolute Gasteiger partial charge is 0.289 e. The van der Waals surface area contributed by atoms with Gasteiger partial charge in [0.1, 0.15) is 6.61 Å². The van der Waals surface area contributed by atoms with Crippen molar-refractivity contribution in [3.63, 3.8) is 0 Å². The summed E-state index contributed by atoms with van der Waals surface area (Å²) in [6.45, 7) is 2.17. The Morgan fingerprint density at radius 2 is 1.96 bits per heavy atom. The molecule has 3 heterocycles. The summed E-state index contributed by atoms with van der Waals surface area (Å²) in [6, 6.07) is 10.9. The molecule has 0 spiro atoms. The Hall–Kier alpha value is -2.61. The molecule has 5 nitrogen and oxygen atoms in total. The Morgan fingerprint density at radius 1 is 1.14 bits per heavy atom. The fourth-order valence-electron chi connectivity index (χ4n) is 3.49. The molecule has 3 aromatic rings. The van der Waals surface area contributed by atoms with Crippen molar-refractivity contribution in [2.75, 3.05) is 13.1 Å². The zero-order valence-electron chi connectivity index (χ0n) is 15.2. The van der Waals surface area contributed by atoms with Gasteiger partial charge in [0.15, 0.2) is 0 Å². The Balaban J connectivity index is 1.49. The summed E-state index contributed by atoms with van der Waals surface area (Å²) >= 11 is 0. The zero-order valence-corrected chi connectivity index (χ0v) is 15.2. The topological polar surface area (TPSA) is 52.0 Å². The van der Waals surface area contributed by atoms with Gasteiger partial charge in [0.05, 0.1) is 11.7 Å². The third-order valence-electron chi connectivity index (χ3n) is 4.99. The molecular formula is C20H21F3N4O. The monoisotopic (exact) mass is 390 g/mol. The highest BCUT2D eigenvalue weighted by Gasteiger charge is 2.23. The second-order valence-electron chi connectivity index (χ2n) is 6.90. The molecule has 1 atom stereocenters. The van der Waals surface area contributed by atoms with Crippen molar-refractivity contribution in [1.29, 1.82) is 0 Å². The zero-order chi connectivity index (χ0) is 19.5. The van der Waals surface area contributed by atoms with Gasteiger partial charge in [0.25, 0.3) is 12.7 Å². The maximum Gasteiger partial charge on any atom is 0.289 e. The Labute approximate surface area is 160 Å². The second kappa shape index (κ2) is 8.18. The predicted molar refractivity (Wildman–Crippen MR) is 99.3 cm³/mol. The fourth-order valence-corrected chi connectivity index (χ4v) is 3.49. The molecule has 0 amide bonds. The number of fused-ring (bicyclic) bond motifs is 1. The number of ether oxygens (including phenoxy) is 1. The number of benzene rings is 1. The van der Waals surface area contributed by atoms with Crippen molar-refractivity contribution in [1.82, 2.24) is 20.1 Å². The molecule has 1 unspecified atom stereocenters. The van der Waals surface area contributed by atoms with Gasteiger partial charge in [0, 0.05) is 23.1 Å². The second-order valence-corrected chi connectivity index (χ2v) is 6.90. The van der Waals surface area contributed by atoms with Crippen molar-refractivity contribution in [3.8, 4) is 5.88 Å². The first kappa shape index (κ1) is 18.7. The average molecular weight is 390 g/mol. The summed E-state index contributed by atoms with van der Waals surface area (Å²) in [7, 11) is 0. The molecule has 148 valence electrons. The van der Waals surface area contributed by atoms with Crippen molar-refractivity contribution >= 4 is 10.9 Å². The highest BCUT2D eigenvalue weighted by atomic mass is 19.3. The highest BCUT2D eigenvalue weighted by Crippen LogP contribution is 2.26. The van der Waals surface area contributed by atoms with Gasteiger partial charge >= 0.3 is 0 Å². The minimum absolute atomic E-state index is 0.204. The molecule has 2 aromatic heterocycles. The van der Waals surface area contributed by atoms with Gasteiger partial charge in [-0.3, -0.25) is 0 Å². The number of hydrogen-bond acceptors (Lipinski definition) is 4. The van der Waals surface area contributed by atoms with E-state index in [1.165, 1.54) is 6.20 Å². The normalized spacial score (nSPS) is 16.6. The predicted octanol–water partition coefficient (Wildman–Crippen LogP) is 4.21. The van der Waals surface area contributed by atoms with Crippen LogP contribution < -0.4 is 10.1 Å². The van der Waals surface area contributed by atoms with Crippen molar-refractivity contribution in [2.24, 2.45) is 0 Å². The number of aromatic nitrogens is 3. The lowest BCUT2D eigenvalue weighted by atomic mass is 9.94. The molecular weight excluding hydrogens is 369 g/mol. The van der Waals surface area contributed by atoms with Crippen LogP contribution in [0.4, 0.5) is 13.2 Å². The van der Waals surface area contributed by atoms with Crippen LogP contribution in [0.15, 0.2) is 42.6 Å². The first-order valence-electron chi connectivity index (χ1n) is 9.30. The molecule has 1 aliphatic rings. The van der Waals surface area contributed by atoms with E-state index < -0.39 is 12.7 Å². The SMILES string of the molecule is FC(F)C(F)n1ncc2ccc(COc3cccc(C4CCNCC4)n3)cc21. The number of alkyl halides is 3. The first-order valence-corrected chi connectivity index (χ1v) is 9.30. The Kier molecular flexibility index (Phi) is 5.47. The Bertz CT molecular complexity index is 940. The molecule has 0 saturated carbocycles. The third-order valence-corrected chi connectivity index (χ3v) is 4.99. The number of nitrogens with one attached hydrogen (secondary N) is 1. The lowest BCUT2D eigenvalue weighted by molar-refractivity contribution is 0.00343. The number of rotatable bonds is 6. The van der Waals surface area contributed by atoms with E-state index in [9.17, 15) is 13.2 Å². The fraction of sp³-hybridized carbons (Fsp3) is 0.400. The van der Waals surface area contributed by atoms with E-state index in [1.54, 1.807) is 24.3 Å². The summed E-state index contributed by atoms with van der Waals surface area (Å²) in [6.07, 6.45) is -2.14. The summed E-state index contributed by atoms with van der Waals surface area (Å²) in [5, 5.41) is 7.68. The molecule has 1 fully saturated rings. The van der Waals surface area contributed by atoms with Crippen LogP contribution in [0.2, 0.25) is 0 Å². The van der Waals surface area contributed by atoms with Crippen LogP contribution in [0, 0.1) is 0 Å². The van der Waals surface area contributed by atoms with Crippen LogP contribution in [0.3, 0.4) is 0 Å². The molecule has 1 aromatic carbocycles. The standard InChI is InChI=1S/C20H21F3N4O/c21-19(22)20(23)27-17-10-13(4-5-15(17)11-25-27)12-28-18-3-1-2-16(26-18)14-6-8-24-9-7-14/h1-5,10-11,14,19-20,24H,6-9,12H2. The van der Waals surface area contributed by atoms with E-state index in [4.69, 9.17) is 4.74 Å². The Morgan fingerprint density at radius 3 is 2.75 bits per heavy atom. The lowest BCUT2D eigenvalue weighted by Gasteiger charge is -2.22. The van der Waals surface area contributed by atoms with Crippen LogP contribution in [-0.4, -0.2) is 34.3 Å². The molecule has 0 bridgehead atoms. The molecule has 0 radical (unpaired) electrons. The van der Waals surface area contributed by atoms with E-state index in [-0.39, 0.29) is 6.61 Å². The number of pyridine rings is 1. The molecule has 1 saturated heterocycles. The molecule has 4 rings (SSSR count). The molecule has 28 heavy (non-hydrogen) atoms. The molecule has 0 aliphatic carbocycles. The van der Waals surface area contributed by atoms with E-state index >= 15 is 0 Å². The summed E-state index contributed by atoms with van der Waals surface area (Å²) in [4.78, 5) is 4.61. The third kappa shape index (κ3) is 3.96. The first-order chi connectivity index (χ1) is 13.6. The van der Waals surface area contributed by atoms with Gasteiger partial charge in [-0.25, -0.2) is 22.8 Å². The molecule has 1 N–H and O–H groups in total. The number of piperidine rings is 1. The van der Waals surface area contributed by atoms with Crippen LogP contribution in [0.25, 0.3) is 10.9 Å². The van der Waals surface area contributed by atoms with Crippen molar-refractivity contribution in [3.05, 3.63) is 53.9 Å². The van der Waals surface area contributed by atoms with Crippen molar-refractivity contribution < 1.29 is 17.9 Å². The van der Waals surface area contributed by atoms with Gasteiger partial charge in [-0.15, -0.1) is 0 Å². The summed E-state index contributed by atoms with van der Waals surface area (Å²) in [5.74, 6) is 0.937.